The number of hydrogen-bond donors (Lipinski definition) is 0. The molecule has 1 aliphatic carbocycles. The van der Waals surface area contributed by atoms with Gasteiger partial charge in [0.1, 0.15) is 0 Å². The van der Waals surface area contributed by atoms with Crippen molar-refractivity contribution in [2.24, 2.45) is 23.7 Å². The van der Waals surface area contributed by atoms with E-state index in [1.165, 1.54) is 12.8 Å². The molecule has 2 aliphatic rings. The minimum Gasteiger partial charge on any atom is -0.465 e. The first kappa shape index (κ1) is 8.09. The van der Waals surface area contributed by atoms with Gasteiger partial charge < -0.3 is 4.74 Å². The minimum absolute atomic E-state index is 0.0188. The number of hydrogen-bond acceptors (Lipinski definition) is 2. The molecule has 2 nitrogen and oxygen atoms in total. The van der Waals surface area contributed by atoms with Crippen molar-refractivity contribution < 1.29 is 9.53 Å². The Hall–Kier alpha value is -0.530. The highest BCUT2D eigenvalue weighted by atomic mass is 16.5. The second kappa shape index (κ2) is 2.75. The van der Waals surface area contributed by atoms with Crippen LogP contribution in [0.25, 0.3) is 0 Å². The van der Waals surface area contributed by atoms with Crippen molar-refractivity contribution in [2.75, 3.05) is 6.61 Å². The van der Waals surface area contributed by atoms with Crippen LogP contribution in [0.1, 0.15) is 26.7 Å². The fraction of sp³-hybridized carbons (Fsp3) is 0.900. The summed E-state index contributed by atoms with van der Waals surface area (Å²) in [5.74, 6) is 2.18. The second-order valence-corrected chi connectivity index (χ2v) is 4.30. The first-order valence-electron chi connectivity index (χ1n) is 4.87. The molecule has 0 bridgehead atoms. The fourth-order valence-electron chi connectivity index (χ4n) is 2.70. The molecule has 2 heteroatoms. The second-order valence-electron chi connectivity index (χ2n) is 4.30. The van der Waals surface area contributed by atoms with E-state index >= 15 is 0 Å². The quantitative estimate of drug-likeness (QED) is 0.516. The van der Waals surface area contributed by atoms with E-state index in [0.717, 1.165) is 5.92 Å². The maximum absolute atomic E-state index is 11.2. The van der Waals surface area contributed by atoms with Crippen LogP contribution in [-0.4, -0.2) is 12.6 Å². The van der Waals surface area contributed by atoms with E-state index in [1.807, 2.05) is 6.92 Å². The first-order valence-corrected chi connectivity index (χ1v) is 4.87. The summed E-state index contributed by atoms with van der Waals surface area (Å²) in [6.45, 7) is 4.96. The van der Waals surface area contributed by atoms with Gasteiger partial charge in [-0.05, 0) is 24.2 Å². The van der Waals surface area contributed by atoms with Gasteiger partial charge in [-0.25, -0.2) is 0 Å². The van der Waals surface area contributed by atoms with Crippen molar-refractivity contribution in [2.45, 2.75) is 26.7 Å². The van der Waals surface area contributed by atoms with Gasteiger partial charge in [0.15, 0.2) is 0 Å². The molecule has 0 amide bonds. The normalized spacial score (nSPS) is 47.0. The van der Waals surface area contributed by atoms with Crippen LogP contribution < -0.4 is 0 Å². The number of ether oxygens (including phenoxy) is 1. The molecule has 1 saturated carbocycles. The highest BCUT2D eigenvalue weighted by molar-refractivity contribution is 5.73. The minimum atomic E-state index is 0.0188. The molecule has 0 aromatic carbocycles. The summed E-state index contributed by atoms with van der Waals surface area (Å²) < 4.78 is 5.14. The molecule has 2 fully saturated rings. The number of rotatable bonds is 0. The van der Waals surface area contributed by atoms with E-state index in [9.17, 15) is 4.79 Å². The summed E-state index contributed by atoms with van der Waals surface area (Å²) in [5.41, 5.74) is 0. The van der Waals surface area contributed by atoms with E-state index in [4.69, 9.17) is 4.74 Å². The van der Waals surface area contributed by atoms with Gasteiger partial charge in [-0.15, -0.1) is 0 Å². The van der Waals surface area contributed by atoms with Crippen LogP contribution in [0.5, 0.6) is 0 Å². The smallest absolute Gasteiger partial charge is 0.308 e. The van der Waals surface area contributed by atoms with Gasteiger partial charge in [0.2, 0.25) is 0 Å². The van der Waals surface area contributed by atoms with Crippen molar-refractivity contribution in [1.82, 2.24) is 0 Å². The SMILES string of the molecule is C[C@@H]1C(=O)OCC2C1CC[C@@H]2C. The zero-order valence-electron chi connectivity index (χ0n) is 7.75. The van der Waals surface area contributed by atoms with Gasteiger partial charge in [0.25, 0.3) is 0 Å². The Labute approximate surface area is 73.3 Å². The highest BCUT2D eigenvalue weighted by Crippen LogP contribution is 2.43. The summed E-state index contributed by atoms with van der Waals surface area (Å²) in [5, 5.41) is 0. The van der Waals surface area contributed by atoms with Crippen molar-refractivity contribution in [3.63, 3.8) is 0 Å². The Kier molecular flexibility index (Phi) is 1.85. The molecule has 0 N–H and O–H groups in total. The number of carbonyl (C=O) groups excluding carboxylic acids is 1. The molecule has 1 aliphatic heterocycles. The molecule has 0 aromatic heterocycles. The van der Waals surface area contributed by atoms with Crippen LogP contribution in [0.3, 0.4) is 0 Å². The molecule has 0 aromatic rings. The predicted octanol–water partition coefficient (Wildman–Crippen LogP) is 1.84. The van der Waals surface area contributed by atoms with Gasteiger partial charge >= 0.3 is 5.97 Å². The average Bonchev–Trinajstić information content (AvgIpc) is 2.41. The Morgan fingerprint density at radius 2 is 2.00 bits per heavy atom. The summed E-state index contributed by atoms with van der Waals surface area (Å²) in [6, 6.07) is 0. The summed E-state index contributed by atoms with van der Waals surface area (Å²) >= 11 is 0. The molecule has 4 atom stereocenters. The lowest BCUT2D eigenvalue weighted by atomic mass is 9.81. The van der Waals surface area contributed by atoms with E-state index in [-0.39, 0.29) is 11.9 Å². The third kappa shape index (κ3) is 1.05. The standard InChI is InChI=1S/C10H16O2/c1-6-3-4-8-7(2)10(11)12-5-9(6)8/h6-9H,3-5H2,1-2H3/t6-,7-,8?,9?/m0/s1. The lowest BCUT2D eigenvalue weighted by molar-refractivity contribution is -0.159. The van der Waals surface area contributed by atoms with Gasteiger partial charge in [-0.2, -0.15) is 0 Å². The molecular weight excluding hydrogens is 152 g/mol. The molecule has 0 spiro atoms. The van der Waals surface area contributed by atoms with Crippen molar-refractivity contribution in [1.29, 1.82) is 0 Å². The Balaban J connectivity index is 2.14. The van der Waals surface area contributed by atoms with Crippen LogP contribution in [-0.2, 0) is 9.53 Å². The van der Waals surface area contributed by atoms with Crippen molar-refractivity contribution in [3.05, 3.63) is 0 Å². The van der Waals surface area contributed by atoms with Gasteiger partial charge in [-0.1, -0.05) is 20.3 Å². The Bertz CT molecular complexity index is 200. The largest absolute Gasteiger partial charge is 0.465 e. The third-order valence-corrected chi connectivity index (χ3v) is 3.67. The zero-order chi connectivity index (χ0) is 8.72. The fourth-order valence-corrected chi connectivity index (χ4v) is 2.70. The molecule has 68 valence electrons. The molecular formula is C10H16O2. The van der Waals surface area contributed by atoms with Crippen molar-refractivity contribution >= 4 is 5.97 Å². The monoisotopic (exact) mass is 168 g/mol. The van der Waals surface area contributed by atoms with Crippen LogP contribution in [0, 0.1) is 23.7 Å². The van der Waals surface area contributed by atoms with Gasteiger partial charge in [0.05, 0.1) is 12.5 Å². The zero-order valence-corrected chi connectivity index (χ0v) is 7.75. The average molecular weight is 168 g/mol. The molecule has 2 rings (SSSR count). The van der Waals surface area contributed by atoms with Crippen molar-refractivity contribution in [3.8, 4) is 0 Å². The first-order chi connectivity index (χ1) is 5.70. The molecule has 0 radical (unpaired) electrons. The molecule has 2 unspecified atom stereocenters. The summed E-state index contributed by atoms with van der Waals surface area (Å²) in [6.07, 6.45) is 2.50. The third-order valence-electron chi connectivity index (χ3n) is 3.67. The van der Waals surface area contributed by atoms with E-state index in [0.29, 0.717) is 18.4 Å². The van der Waals surface area contributed by atoms with Crippen LogP contribution in [0.4, 0.5) is 0 Å². The molecule has 12 heavy (non-hydrogen) atoms. The maximum atomic E-state index is 11.2. The lowest BCUT2D eigenvalue weighted by Gasteiger charge is -2.31. The van der Waals surface area contributed by atoms with Crippen LogP contribution in [0.15, 0.2) is 0 Å². The molecule has 1 saturated heterocycles. The number of esters is 1. The maximum Gasteiger partial charge on any atom is 0.308 e. The number of cyclic esters (lactones) is 1. The number of fused-ring (bicyclic) bond motifs is 1. The lowest BCUT2D eigenvalue weighted by Crippen LogP contribution is -2.36. The van der Waals surface area contributed by atoms with E-state index in [1.54, 1.807) is 0 Å². The Morgan fingerprint density at radius 3 is 2.75 bits per heavy atom. The van der Waals surface area contributed by atoms with E-state index < -0.39 is 0 Å². The van der Waals surface area contributed by atoms with Gasteiger partial charge in [0, 0.05) is 0 Å². The van der Waals surface area contributed by atoms with Gasteiger partial charge in [-0.3, -0.25) is 4.79 Å². The summed E-state index contributed by atoms with van der Waals surface area (Å²) in [7, 11) is 0. The van der Waals surface area contributed by atoms with Crippen LogP contribution >= 0.6 is 0 Å². The topological polar surface area (TPSA) is 26.3 Å². The van der Waals surface area contributed by atoms with Crippen LogP contribution in [0.2, 0.25) is 0 Å². The summed E-state index contributed by atoms with van der Waals surface area (Å²) in [4.78, 5) is 11.2. The molecule has 1 heterocycles. The van der Waals surface area contributed by atoms with E-state index in [2.05, 4.69) is 6.92 Å². The number of carbonyl (C=O) groups is 1. The Morgan fingerprint density at radius 1 is 1.25 bits per heavy atom. The highest BCUT2D eigenvalue weighted by Gasteiger charge is 2.43. The predicted molar refractivity (Wildman–Crippen MR) is 45.5 cm³/mol.